The zero-order chi connectivity index (χ0) is 5.56. The van der Waals surface area contributed by atoms with Gasteiger partial charge in [-0.05, 0) is 38.0 Å². The summed E-state index contributed by atoms with van der Waals surface area (Å²) in [4.78, 5) is 0. The van der Waals surface area contributed by atoms with Crippen molar-refractivity contribution in [3.05, 3.63) is 11.6 Å². The molecule has 2 atom stereocenters. The summed E-state index contributed by atoms with van der Waals surface area (Å²) in [6, 6.07) is 0. The molecule has 2 rings (SSSR count). The van der Waals surface area contributed by atoms with Crippen LogP contribution in [0.15, 0.2) is 11.6 Å². The lowest BCUT2D eigenvalue weighted by Gasteiger charge is -2.04. The molecule has 8 heavy (non-hydrogen) atoms. The molecule has 0 saturated heterocycles. The average molecular weight is 108 g/mol. The predicted octanol–water partition coefficient (Wildman–Crippen LogP) is 2.36. The molecule has 0 amide bonds. The second-order valence-electron chi connectivity index (χ2n) is 3.13. The number of hydrogen-bond donors (Lipinski definition) is 0. The molecule has 0 nitrogen and oxygen atoms in total. The summed E-state index contributed by atoms with van der Waals surface area (Å²) in [6.45, 7) is 2.28. The van der Waals surface area contributed by atoms with Gasteiger partial charge in [0.2, 0.25) is 0 Å². The van der Waals surface area contributed by atoms with E-state index in [1.54, 1.807) is 5.57 Å². The van der Waals surface area contributed by atoms with E-state index in [1.807, 2.05) is 0 Å². The maximum Gasteiger partial charge on any atom is -0.0174 e. The third-order valence-electron chi connectivity index (χ3n) is 2.51. The van der Waals surface area contributed by atoms with Crippen molar-refractivity contribution in [1.82, 2.24) is 0 Å². The maximum absolute atomic E-state index is 2.41. The van der Waals surface area contributed by atoms with Gasteiger partial charge in [-0.25, -0.2) is 0 Å². The van der Waals surface area contributed by atoms with Gasteiger partial charge in [0, 0.05) is 0 Å². The average Bonchev–Trinajstić information content (AvgIpc) is 2.45. The lowest BCUT2D eigenvalue weighted by atomic mass is 10.0. The van der Waals surface area contributed by atoms with E-state index >= 15 is 0 Å². The standard InChI is InChI=1S/C8H12/c1-6-3-2-4-7-5-8(6)7/h3,7-8H,2,4-5H2,1H3. The van der Waals surface area contributed by atoms with Crippen molar-refractivity contribution in [1.29, 1.82) is 0 Å². The highest BCUT2D eigenvalue weighted by Gasteiger charge is 2.38. The second-order valence-corrected chi connectivity index (χ2v) is 3.13. The van der Waals surface area contributed by atoms with Crippen molar-refractivity contribution in [2.75, 3.05) is 0 Å². The van der Waals surface area contributed by atoms with Crippen LogP contribution in [0.4, 0.5) is 0 Å². The summed E-state index contributed by atoms with van der Waals surface area (Å²) in [5.74, 6) is 2.14. The van der Waals surface area contributed by atoms with Gasteiger partial charge in [-0.2, -0.15) is 0 Å². The molecule has 0 radical (unpaired) electrons. The summed E-state index contributed by atoms with van der Waals surface area (Å²) < 4.78 is 0. The molecule has 0 aromatic rings. The lowest BCUT2D eigenvalue weighted by Crippen LogP contribution is -1.90. The summed E-state index contributed by atoms with van der Waals surface area (Å²) >= 11 is 0. The maximum atomic E-state index is 2.41. The molecule has 0 aromatic heterocycles. The Morgan fingerprint density at radius 2 is 2.50 bits per heavy atom. The fraction of sp³-hybridized carbons (Fsp3) is 0.750. The molecule has 0 bridgehead atoms. The Labute approximate surface area is 50.6 Å². The summed E-state index contributed by atoms with van der Waals surface area (Å²) in [5.41, 5.74) is 1.67. The van der Waals surface area contributed by atoms with Gasteiger partial charge in [0.15, 0.2) is 0 Å². The van der Waals surface area contributed by atoms with Crippen molar-refractivity contribution < 1.29 is 0 Å². The van der Waals surface area contributed by atoms with Crippen LogP contribution in [0.2, 0.25) is 0 Å². The molecule has 0 heterocycles. The van der Waals surface area contributed by atoms with Crippen LogP contribution in [0.3, 0.4) is 0 Å². The topological polar surface area (TPSA) is 0 Å². The summed E-state index contributed by atoms with van der Waals surface area (Å²) in [5, 5.41) is 0. The van der Waals surface area contributed by atoms with Gasteiger partial charge in [-0.15, -0.1) is 0 Å². The van der Waals surface area contributed by atoms with Gasteiger partial charge in [-0.3, -0.25) is 0 Å². The Kier molecular flexibility index (Phi) is 0.787. The molecule has 0 heteroatoms. The van der Waals surface area contributed by atoms with E-state index in [9.17, 15) is 0 Å². The molecule has 0 spiro atoms. The minimum absolute atomic E-state index is 1.03. The van der Waals surface area contributed by atoms with Crippen LogP contribution in [0.1, 0.15) is 26.2 Å². The molecular weight excluding hydrogens is 96.1 g/mol. The van der Waals surface area contributed by atoms with Gasteiger partial charge >= 0.3 is 0 Å². The first kappa shape index (κ1) is 4.60. The van der Waals surface area contributed by atoms with Crippen molar-refractivity contribution in [3.63, 3.8) is 0 Å². The Morgan fingerprint density at radius 1 is 1.62 bits per heavy atom. The third kappa shape index (κ3) is 0.521. The summed E-state index contributed by atoms with van der Waals surface area (Å²) in [6.07, 6.45) is 6.74. The minimum atomic E-state index is 1.03. The molecule has 2 aliphatic carbocycles. The molecule has 0 aliphatic heterocycles. The van der Waals surface area contributed by atoms with E-state index in [-0.39, 0.29) is 0 Å². The van der Waals surface area contributed by atoms with Crippen LogP contribution in [0.25, 0.3) is 0 Å². The highest BCUT2D eigenvalue weighted by atomic mass is 14.4. The van der Waals surface area contributed by atoms with Crippen LogP contribution >= 0.6 is 0 Å². The van der Waals surface area contributed by atoms with Crippen molar-refractivity contribution >= 4 is 0 Å². The number of rotatable bonds is 0. The predicted molar refractivity (Wildman–Crippen MR) is 34.6 cm³/mol. The minimum Gasteiger partial charge on any atom is -0.0853 e. The fourth-order valence-corrected chi connectivity index (χ4v) is 1.80. The van der Waals surface area contributed by atoms with Crippen LogP contribution < -0.4 is 0 Å². The van der Waals surface area contributed by atoms with Crippen LogP contribution in [-0.4, -0.2) is 0 Å². The van der Waals surface area contributed by atoms with E-state index < -0.39 is 0 Å². The van der Waals surface area contributed by atoms with E-state index in [2.05, 4.69) is 13.0 Å². The number of fused-ring (bicyclic) bond motifs is 1. The largest absolute Gasteiger partial charge is 0.0853 e. The van der Waals surface area contributed by atoms with Gasteiger partial charge in [-0.1, -0.05) is 11.6 Å². The highest BCUT2D eigenvalue weighted by Crippen LogP contribution is 2.49. The van der Waals surface area contributed by atoms with E-state index in [0.29, 0.717) is 0 Å². The Balaban J connectivity index is 2.18. The van der Waals surface area contributed by atoms with Crippen molar-refractivity contribution in [2.45, 2.75) is 26.2 Å². The van der Waals surface area contributed by atoms with Gasteiger partial charge < -0.3 is 0 Å². The SMILES string of the molecule is CC1=CCCC2CC12. The Morgan fingerprint density at radius 3 is 3.12 bits per heavy atom. The van der Waals surface area contributed by atoms with E-state index in [4.69, 9.17) is 0 Å². The van der Waals surface area contributed by atoms with Gasteiger partial charge in [0.25, 0.3) is 0 Å². The molecule has 44 valence electrons. The molecule has 1 saturated carbocycles. The normalized spacial score (nSPS) is 42.9. The first-order valence-corrected chi connectivity index (χ1v) is 3.54. The fourth-order valence-electron chi connectivity index (χ4n) is 1.80. The molecule has 0 aromatic carbocycles. The second kappa shape index (κ2) is 1.37. The van der Waals surface area contributed by atoms with Crippen LogP contribution in [0, 0.1) is 11.8 Å². The Hall–Kier alpha value is -0.260. The third-order valence-corrected chi connectivity index (χ3v) is 2.51. The van der Waals surface area contributed by atoms with E-state index in [0.717, 1.165) is 11.8 Å². The van der Waals surface area contributed by atoms with Gasteiger partial charge in [0.1, 0.15) is 0 Å². The number of hydrogen-bond acceptors (Lipinski definition) is 0. The van der Waals surface area contributed by atoms with Crippen LogP contribution in [0.5, 0.6) is 0 Å². The lowest BCUT2D eigenvalue weighted by molar-refractivity contribution is 0.660. The smallest absolute Gasteiger partial charge is 0.0174 e. The zero-order valence-electron chi connectivity index (χ0n) is 5.35. The molecule has 2 unspecified atom stereocenters. The molecule has 0 N–H and O–H groups in total. The molecular formula is C8H12. The first-order valence-electron chi connectivity index (χ1n) is 3.54. The van der Waals surface area contributed by atoms with E-state index in [1.165, 1.54) is 19.3 Å². The Bertz CT molecular complexity index is 133. The summed E-state index contributed by atoms with van der Waals surface area (Å²) in [7, 11) is 0. The van der Waals surface area contributed by atoms with Gasteiger partial charge in [0.05, 0.1) is 0 Å². The zero-order valence-corrected chi connectivity index (χ0v) is 5.35. The first-order chi connectivity index (χ1) is 3.88. The quantitative estimate of drug-likeness (QED) is 0.418. The molecule has 1 fully saturated rings. The van der Waals surface area contributed by atoms with Crippen molar-refractivity contribution in [2.24, 2.45) is 11.8 Å². The van der Waals surface area contributed by atoms with Crippen molar-refractivity contribution in [3.8, 4) is 0 Å². The highest BCUT2D eigenvalue weighted by molar-refractivity contribution is 5.16. The number of allylic oxidation sites excluding steroid dienone is 2. The monoisotopic (exact) mass is 108 g/mol. The molecule has 2 aliphatic rings. The van der Waals surface area contributed by atoms with Crippen LogP contribution in [-0.2, 0) is 0 Å².